The first kappa shape index (κ1) is 16.0. The first-order chi connectivity index (χ1) is 11.1. The second-order valence-electron chi connectivity index (χ2n) is 6.92. The van der Waals surface area contributed by atoms with E-state index in [-0.39, 0.29) is 23.8 Å². The van der Waals surface area contributed by atoms with Crippen LogP contribution in [0.3, 0.4) is 0 Å². The van der Waals surface area contributed by atoms with E-state index in [2.05, 4.69) is 29.6 Å². The van der Waals surface area contributed by atoms with Crippen molar-refractivity contribution >= 4 is 11.8 Å². The lowest BCUT2D eigenvalue weighted by Crippen LogP contribution is -2.47. The van der Waals surface area contributed by atoms with Crippen molar-refractivity contribution in [3.63, 3.8) is 0 Å². The van der Waals surface area contributed by atoms with Crippen LogP contribution in [-0.4, -0.2) is 36.3 Å². The van der Waals surface area contributed by atoms with Crippen molar-refractivity contribution < 1.29 is 9.59 Å². The fraction of sp³-hybridized carbons (Fsp3) is 0.579. The Kier molecular flexibility index (Phi) is 4.99. The predicted molar refractivity (Wildman–Crippen MR) is 89.9 cm³/mol. The number of hydrogen-bond acceptors (Lipinski definition) is 2. The average Bonchev–Trinajstić information content (AvgIpc) is 2.58. The number of hydrogen-bond donors (Lipinski definition) is 1. The number of carbonyl (C=O) groups excluding carboxylic acids is 2. The van der Waals surface area contributed by atoms with Crippen LogP contribution < -0.4 is 5.32 Å². The van der Waals surface area contributed by atoms with Gasteiger partial charge in [0.15, 0.2) is 0 Å². The topological polar surface area (TPSA) is 49.4 Å². The molecule has 2 amide bonds. The monoisotopic (exact) mass is 314 g/mol. The van der Waals surface area contributed by atoms with Gasteiger partial charge < -0.3 is 10.2 Å². The van der Waals surface area contributed by atoms with E-state index < -0.39 is 0 Å². The first-order valence-corrected chi connectivity index (χ1v) is 8.74. The Morgan fingerprint density at radius 3 is 2.61 bits per heavy atom. The van der Waals surface area contributed by atoms with Gasteiger partial charge in [-0.1, -0.05) is 43.2 Å². The Labute approximate surface area is 138 Å². The van der Waals surface area contributed by atoms with E-state index in [4.69, 9.17) is 0 Å². The summed E-state index contributed by atoms with van der Waals surface area (Å²) >= 11 is 0. The van der Waals surface area contributed by atoms with Crippen molar-refractivity contribution in [2.24, 2.45) is 5.92 Å². The Hall–Kier alpha value is -1.84. The van der Waals surface area contributed by atoms with Crippen molar-refractivity contribution in [2.75, 3.05) is 13.6 Å². The maximum Gasteiger partial charge on any atom is 0.223 e. The quantitative estimate of drug-likeness (QED) is 0.932. The minimum absolute atomic E-state index is 0.0688. The molecule has 23 heavy (non-hydrogen) atoms. The zero-order valence-corrected chi connectivity index (χ0v) is 13.8. The normalized spacial score (nSPS) is 28.5. The molecule has 0 unspecified atom stereocenters. The molecule has 2 aliphatic rings. The summed E-state index contributed by atoms with van der Waals surface area (Å²) in [6.45, 7) is 0.684. The van der Waals surface area contributed by atoms with Crippen LogP contribution in [0.1, 0.15) is 50.0 Å². The third kappa shape index (κ3) is 3.74. The molecule has 0 radical (unpaired) electrons. The number of nitrogens with zero attached hydrogens (tertiary/aromatic N) is 1. The molecule has 124 valence electrons. The average molecular weight is 314 g/mol. The fourth-order valence-electron chi connectivity index (χ4n) is 3.87. The largest absolute Gasteiger partial charge is 0.353 e. The lowest BCUT2D eigenvalue weighted by Gasteiger charge is -2.35. The molecule has 0 spiro atoms. The fourth-order valence-corrected chi connectivity index (χ4v) is 3.87. The van der Waals surface area contributed by atoms with Gasteiger partial charge in [0.1, 0.15) is 0 Å². The highest BCUT2D eigenvalue weighted by Gasteiger charge is 2.33. The lowest BCUT2D eigenvalue weighted by atomic mass is 9.79. The molecule has 2 fully saturated rings. The number of likely N-dealkylation sites (tertiary alicyclic amines) is 1. The standard InChI is InChI=1S/C19H26N2O2/c1-21-12-11-15(13-18(21)22)19(23)20-17-10-6-5-9-16(17)14-7-3-2-4-8-14/h2-4,7-8,15-17H,5-6,9-13H2,1H3,(H,20,23)/t15-,16+,17+/m0/s1. The molecule has 1 aromatic carbocycles. The molecule has 3 rings (SSSR count). The van der Waals surface area contributed by atoms with Gasteiger partial charge in [0.05, 0.1) is 0 Å². The van der Waals surface area contributed by atoms with Gasteiger partial charge in [-0.15, -0.1) is 0 Å². The number of benzene rings is 1. The summed E-state index contributed by atoms with van der Waals surface area (Å²) < 4.78 is 0. The zero-order valence-electron chi connectivity index (χ0n) is 13.8. The zero-order chi connectivity index (χ0) is 16.2. The Bertz CT molecular complexity index is 558. The summed E-state index contributed by atoms with van der Waals surface area (Å²) in [6, 6.07) is 10.7. The molecule has 1 aliphatic heterocycles. The summed E-state index contributed by atoms with van der Waals surface area (Å²) in [4.78, 5) is 26.2. The molecule has 1 heterocycles. The minimum atomic E-state index is -0.156. The summed E-state index contributed by atoms with van der Waals surface area (Å²) in [5, 5.41) is 3.26. The lowest BCUT2D eigenvalue weighted by molar-refractivity contribution is -0.139. The van der Waals surface area contributed by atoms with E-state index >= 15 is 0 Å². The van der Waals surface area contributed by atoms with Gasteiger partial charge in [-0.05, 0) is 24.8 Å². The summed E-state index contributed by atoms with van der Waals surface area (Å²) in [5.74, 6) is 0.395. The maximum absolute atomic E-state index is 12.6. The Balaban J connectivity index is 1.65. The second-order valence-corrected chi connectivity index (χ2v) is 6.92. The van der Waals surface area contributed by atoms with Crippen LogP contribution >= 0.6 is 0 Å². The highest BCUT2D eigenvalue weighted by molar-refractivity contribution is 5.87. The van der Waals surface area contributed by atoms with Crippen molar-refractivity contribution in [1.82, 2.24) is 10.2 Å². The molecule has 4 nitrogen and oxygen atoms in total. The molecule has 0 aromatic heterocycles. The van der Waals surface area contributed by atoms with Crippen LogP contribution in [0.5, 0.6) is 0 Å². The second kappa shape index (κ2) is 7.16. The predicted octanol–water partition coefficient (Wildman–Crippen LogP) is 2.70. The van der Waals surface area contributed by atoms with Crippen LogP contribution in [0, 0.1) is 5.92 Å². The molecule has 1 saturated heterocycles. The number of carbonyl (C=O) groups is 2. The van der Waals surface area contributed by atoms with Crippen molar-refractivity contribution in [3.8, 4) is 0 Å². The number of amides is 2. The van der Waals surface area contributed by atoms with E-state index in [1.165, 1.54) is 18.4 Å². The van der Waals surface area contributed by atoms with Crippen LogP contribution in [0.15, 0.2) is 30.3 Å². The van der Waals surface area contributed by atoms with E-state index in [1.54, 1.807) is 4.90 Å². The van der Waals surface area contributed by atoms with E-state index in [0.29, 0.717) is 18.9 Å². The van der Waals surface area contributed by atoms with Crippen molar-refractivity contribution in [2.45, 2.75) is 50.5 Å². The summed E-state index contributed by atoms with van der Waals surface area (Å²) in [6.07, 6.45) is 5.67. The van der Waals surface area contributed by atoms with E-state index in [9.17, 15) is 9.59 Å². The molecular weight excluding hydrogens is 288 g/mol. The third-order valence-corrected chi connectivity index (χ3v) is 5.35. The molecule has 0 bridgehead atoms. The SMILES string of the molecule is CN1CC[C@H](C(=O)N[C@@H]2CCCC[C@@H]2c2ccccc2)CC1=O. The van der Waals surface area contributed by atoms with Gasteiger partial charge >= 0.3 is 0 Å². The molecule has 4 heteroatoms. The molecule has 1 aromatic rings. The van der Waals surface area contributed by atoms with Gasteiger partial charge in [-0.25, -0.2) is 0 Å². The molecule has 1 saturated carbocycles. The van der Waals surface area contributed by atoms with Crippen LogP contribution in [0.25, 0.3) is 0 Å². The third-order valence-electron chi connectivity index (χ3n) is 5.35. The molecule has 1 aliphatic carbocycles. The minimum Gasteiger partial charge on any atom is -0.353 e. The van der Waals surface area contributed by atoms with Gasteiger partial charge in [0, 0.05) is 37.9 Å². The Morgan fingerprint density at radius 2 is 1.87 bits per heavy atom. The van der Waals surface area contributed by atoms with E-state index in [1.807, 2.05) is 13.1 Å². The van der Waals surface area contributed by atoms with Crippen LogP contribution in [-0.2, 0) is 9.59 Å². The maximum atomic E-state index is 12.6. The first-order valence-electron chi connectivity index (χ1n) is 8.74. The van der Waals surface area contributed by atoms with Gasteiger partial charge in [0.25, 0.3) is 0 Å². The smallest absolute Gasteiger partial charge is 0.223 e. The summed E-state index contributed by atoms with van der Waals surface area (Å²) in [7, 11) is 1.81. The van der Waals surface area contributed by atoms with Gasteiger partial charge in [0.2, 0.25) is 11.8 Å². The van der Waals surface area contributed by atoms with Crippen molar-refractivity contribution in [3.05, 3.63) is 35.9 Å². The Morgan fingerprint density at radius 1 is 1.13 bits per heavy atom. The van der Waals surface area contributed by atoms with Crippen LogP contribution in [0.2, 0.25) is 0 Å². The van der Waals surface area contributed by atoms with Gasteiger partial charge in [-0.2, -0.15) is 0 Å². The highest BCUT2D eigenvalue weighted by atomic mass is 16.2. The number of nitrogens with one attached hydrogen (secondary N) is 1. The number of piperidine rings is 1. The van der Waals surface area contributed by atoms with E-state index in [0.717, 1.165) is 19.3 Å². The van der Waals surface area contributed by atoms with Crippen molar-refractivity contribution in [1.29, 1.82) is 0 Å². The summed E-state index contributed by atoms with van der Waals surface area (Å²) in [5.41, 5.74) is 1.32. The number of rotatable bonds is 3. The highest BCUT2D eigenvalue weighted by Crippen LogP contribution is 2.33. The molecular formula is C19H26N2O2. The van der Waals surface area contributed by atoms with Crippen LogP contribution in [0.4, 0.5) is 0 Å². The molecule has 3 atom stereocenters. The molecule has 1 N–H and O–H groups in total. The van der Waals surface area contributed by atoms with Gasteiger partial charge in [-0.3, -0.25) is 9.59 Å².